The molecular weight excluding hydrogens is 305 g/mol. The Balaban J connectivity index is 2.01. The molecule has 0 bridgehead atoms. The number of alkyl halides is 3. The lowest BCUT2D eigenvalue weighted by atomic mass is 10.2. The Morgan fingerprint density at radius 1 is 1.33 bits per heavy atom. The van der Waals surface area contributed by atoms with Crippen molar-refractivity contribution in [2.24, 2.45) is 0 Å². The number of halogens is 3. The summed E-state index contributed by atoms with van der Waals surface area (Å²) in [4.78, 5) is -0.0554. The van der Waals surface area contributed by atoms with E-state index in [4.69, 9.17) is 5.26 Å². The highest BCUT2D eigenvalue weighted by molar-refractivity contribution is 7.91. The summed E-state index contributed by atoms with van der Waals surface area (Å²) in [5.41, 5.74) is -1.73. The highest BCUT2D eigenvalue weighted by Gasteiger charge is 2.62. The summed E-state index contributed by atoms with van der Waals surface area (Å²) in [6.07, 6.45) is -4.42. The van der Waals surface area contributed by atoms with E-state index in [-0.39, 0.29) is 29.8 Å². The topological polar surface area (TPSA) is 70.0 Å². The second-order valence-electron chi connectivity index (χ2n) is 4.97. The second kappa shape index (κ2) is 5.31. The minimum atomic E-state index is -4.36. The molecule has 114 valence electrons. The molecule has 8 heteroatoms. The molecule has 4 nitrogen and oxygen atoms in total. The van der Waals surface area contributed by atoms with Crippen molar-refractivity contribution in [1.29, 1.82) is 5.26 Å². The molecule has 0 aliphatic heterocycles. The van der Waals surface area contributed by atoms with Crippen LogP contribution in [-0.2, 0) is 9.84 Å². The Bertz CT molecular complexity index is 673. The van der Waals surface area contributed by atoms with Crippen LogP contribution in [0.15, 0.2) is 29.2 Å². The summed E-state index contributed by atoms with van der Waals surface area (Å²) >= 11 is 0. The predicted octanol–water partition coefficient (Wildman–Crippen LogP) is 2.02. The molecule has 2 rings (SSSR count). The lowest BCUT2D eigenvalue weighted by molar-refractivity contribution is -0.165. The number of sulfone groups is 1. The van der Waals surface area contributed by atoms with Crippen molar-refractivity contribution >= 4 is 9.84 Å². The second-order valence-corrected chi connectivity index (χ2v) is 7.07. The molecule has 0 aromatic heterocycles. The van der Waals surface area contributed by atoms with Crippen molar-refractivity contribution < 1.29 is 21.6 Å². The third kappa shape index (κ3) is 3.36. The zero-order valence-corrected chi connectivity index (χ0v) is 11.8. The first-order valence-corrected chi connectivity index (χ1v) is 7.90. The van der Waals surface area contributed by atoms with Crippen molar-refractivity contribution in [1.82, 2.24) is 5.32 Å². The normalized spacial score (nSPS) is 17.2. The molecule has 1 aliphatic carbocycles. The van der Waals surface area contributed by atoms with Gasteiger partial charge in [-0.3, -0.25) is 0 Å². The van der Waals surface area contributed by atoms with Gasteiger partial charge in [-0.25, -0.2) is 8.42 Å². The number of hydrogen-bond donors (Lipinski definition) is 1. The van der Waals surface area contributed by atoms with Gasteiger partial charge in [0.1, 0.15) is 5.54 Å². The molecule has 0 radical (unpaired) electrons. The molecule has 1 aromatic rings. The van der Waals surface area contributed by atoms with E-state index in [1.807, 2.05) is 6.07 Å². The van der Waals surface area contributed by atoms with Crippen LogP contribution in [0.1, 0.15) is 18.4 Å². The Morgan fingerprint density at radius 3 is 2.52 bits per heavy atom. The van der Waals surface area contributed by atoms with Gasteiger partial charge in [-0.15, -0.1) is 0 Å². The quantitative estimate of drug-likeness (QED) is 0.902. The molecule has 1 aromatic carbocycles. The average Bonchev–Trinajstić information content (AvgIpc) is 3.19. The van der Waals surface area contributed by atoms with E-state index in [9.17, 15) is 21.6 Å². The average molecular weight is 318 g/mol. The summed E-state index contributed by atoms with van der Waals surface area (Å²) in [5.74, 6) is -0.445. The maximum Gasteiger partial charge on any atom is 0.406 e. The molecule has 1 aliphatic rings. The van der Waals surface area contributed by atoms with Gasteiger partial charge in [-0.05, 0) is 31.0 Å². The molecule has 0 saturated heterocycles. The lowest BCUT2D eigenvalue weighted by Gasteiger charge is -2.20. The van der Waals surface area contributed by atoms with Crippen molar-refractivity contribution in [2.45, 2.75) is 29.5 Å². The number of rotatable bonds is 5. The van der Waals surface area contributed by atoms with Crippen molar-refractivity contribution in [3.8, 4) is 6.07 Å². The van der Waals surface area contributed by atoms with Crippen molar-refractivity contribution in [2.75, 3.05) is 12.3 Å². The first kappa shape index (κ1) is 15.8. The summed E-state index contributed by atoms with van der Waals surface area (Å²) in [6.45, 7) is -0.279. The van der Waals surface area contributed by atoms with E-state index in [0.29, 0.717) is 0 Å². The fourth-order valence-corrected chi connectivity index (χ4v) is 3.19. The largest absolute Gasteiger partial charge is 0.406 e. The minimum absolute atomic E-state index is 0.0273. The van der Waals surface area contributed by atoms with Crippen LogP contribution >= 0.6 is 0 Å². The fourth-order valence-electron chi connectivity index (χ4n) is 1.99. The van der Waals surface area contributed by atoms with Gasteiger partial charge < -0.3 is 5.32 Å². The molecule has 0 heterocycles. The van der Waals surface area contributed by atoms with E-state index in [2.05, 4.69) is 5.32 Å². The van der Waals surface area contributed by atoms with Gasteiger partial charge in [-0.2, -0.15) is 18.4 Å². The third-order valence-corrected chi connectivity index (χ3v) is 5.16. The van der Waals surface area contributed by atoms with Crippen molar-refractivity contribution in [3.05, 3.63) is 29.8 Å². The lowest BCUT2D eigenvalue weighted by Crippen LogP contribution is -2.46. The van der Waals surface area contributed by atoms with Crippen LogP contribution in [0.4, 0.5) is 13.2 Å². The van der Waals surface area contributed by atoms with Crippen LogP contribution in [0.3, 0.4) is 0 Å². The minimum Gasteiger partial charge on any atom is -0.303 e. The zero-order chi connectivity index (χ0) is 15.7. The molecule has 0 amide bonds. The van der Waals surface area contributed by atoms with Crippen LogP contribution in [0, 0.1) is 11.3 Å². The molecule has 0 spiro atoms. The van der Waals surface area contributed by atoms with E-state index in [0.717, 1.165) is 0 Å². The van der Waals surface area contributed by atoms with Gasteiger partial charge in [0.25, 0.3) is 0 Å². The molecule has 1 saturated carbocycles. The molecular formula is C13H13F3N2O2S. The standard InChI is InChI=1S/C13H13F3N2O2S/c14-13(15,16)12(4-5-12)18-6-7-21(19,20)11-3-1-2-10(8-11)9-17/h1-3,8,18H,4-7H2. The number of benzene rings is 1. The number of nitriles is 1. The Morgan fingerprint density at radius 2 is 2.00 bits per heavy atom. The molecule has 1 N–H and O–H groups in total. The van der Waals surface area contributed by atoms with E-state index < -0.39 is 27.3 Å². The van der Waals surface area contributed by atoms with Crippen molar-refractivity contribution in [3.63, 3.8) is 0 Å². The van der Waals surface area contributed by atoms with Crippen LogP contribution in [0.25, 0.3) is 0 Å². The van der Waals surface area contributed by atoms with Gasteiger partial charge in [-0.1, -0.05) is 6.07 Å². The summed E-state index contributed by atoms with van der Waals surface area (Å²) in [7, 11) is -3.71. The Kier molecular flexibility index (Phi) is 4.00. The van der Waals surface area contributed by atoms with Gasteiger partial charge in [0.05, 0.1) is 22.3 Å². The van der Waals surface area contributed by atoms with Crippen LogP contribution in [-0.4, -0.2) is 32.4 Å². The van der Waals surface area contributed by atoms with Crippen LogP contribution in [0.2, 0.25) is 0 Å². The summed E-state index contributed by atoms with van der Waals surface area (Å²) in [6, 6.07) is 7.25. The first-order chi connectivity index (χ1) is 9.70. The summed E-state index contributed by atoms with van der Waals surface area (Å²) < 4.78 is 62.1. The maximum atomic E-state index is 12.7. The fraction of sp³-hybridized carbons (Fsp3) is 0.462. The molecule has 0 atom stereocenters. The highest BCUT2D eigenvalue weighted by atomic mass is 32.2. The summed E-state index contributed by atoms with van der Waals surface area (Å²) in [5, 5.41) is 11.0. The Hall–Kier alpha value is -1.59. The SMILES string of the molecule is N#Cc1cccc(S(=O)(=O)CCNC2(C(F)(F)F)CC2)c1. The third-order valence-electron chi connectivity index (χ3n) is 3.45. The van der Waals surface area contributed by atoms with Crippen LogP contribution in [0.5, 0.6) is 0 Å². The van der Waals surface area contributed by atoms with E-state index in [1.165, 1.54) is 24.3 Å². The maximum absolute atomic E-state index is 12.7. The van der Waals surface area contributed by atoms with Gasteiger partial charge >= 0.3 is 6.18 Å². The number of nitrogens with one attached hydrogen (secondary N) is 1. The van der Waals surface area contributed by atoms with Gasteiger partial charge in [0, 0.05) is 6.54 Å². The first-order valence-electron chi connectivity index (χ1n) is 6.25. The van der Waals surface area contributed by atoms with E-state index in [1.54, 1.807) is 0 Å². The van der Waals surface area contributed by atoms with E-state index >= 15 is 0 Å². The molecule has 0 unspecified atom stereocenters. The highest BCUT2D eigenvalue weighted by Crippen LogP contribution is 2.48. The van der Waals surface area contributed by atoms with Gasteiger partial charge in [0.15, 0.2) is 9.84 Å². The van der Waals surface area contributed by atoms with Crippen LogP contribution < -0.4 is 5.32 Å². The Labute approximate surface area is 120 Å². The number of nitrogens with zero attached hydrogens (tertiary/aromatic N) is 1. The monoisotopic (exact) mass is 318 g/mol. The number of hydrogen-bond acceptors (Lipinski definition) is 4. The predicted molar refractivity (Wildman–Crippen MR) is 69.2 cm³/mol. The zero-order valence-electron chi connectivity index (χ0n) is 10.9. The smallest absolute Gasteiger partial charge is 0.303 e. The van der Waals surface area contributed by atoms with Gasteiger partial charge in [0.2, 0.25) is 0 Å². The molecule has 21 heavy (non-hydrogen) atoms. The molecule has 1 fully saturated rings.